The van der Waals surface area contributed by atoms with E-state index in [2.05, 4.69) is 15.0 Å². The van der Waals surface area contributed by atoms with Gasteiger partial charge in [-0.1, -0.05) is 5.18 Å². The number of hydrogen-bond acceptors (Lipinski definition) is 5. The number of anilines is 1. The number of halogens is 1. The molecule has 1 fully saturated rings. The Bertz CT molecular complexity index is 905. The molecule has 0 saturated carbocycles. The number of aromatic nitrogens is 1. The minimum absolute atomic E-state index is 0.00845. The fourth-order valence-electron chi connectivity index (χ4n) is 4.64. The van der Waals surface area contributed by atoms with Crippen LogP contribution in [0.15, 0.2) is 41.7 Å². The van der Waals surface area contributed by atoms with Gasteiger partial charge < -0.3 is 14.4 Å². The highest BCUT2D eigenvalue weighted by molar-refractivity contribution is 5.95. The molecule has 2 aliphatic heterocycles. The second kappa shape index (κ2) is 9.60. The van der Waals surface area contributed by atoms with Crippen LogP contribution in [0.3, 0.4) is 0 Å². The van der Waals surface area contributed by atoms with Crippen molar-refractivity contribution in [3.8, 4) is 0 Å². The number of nitroso groups, excluding NO2 is 1. The number of carbonyl (C=O) groups is 1. The molecule has 1 amide bonds. The third kappa shape index (κ3) is 4.63. The molecule has 166 valence electrons. The van der Waals surface area contributed by atoms with E-state index in [0.29, 0.717) is 31.7 Å². The lowest BCUT2D eigenvalue weighted by molar-refractivity contribution is 0.0741. The molecule has 1 aromatic heterocycles. The molecule has 0 spiro atoms. The number of piperazine rings is 1. The van der Waals surface area contributed by atoms with Crippen LogP contribution in [0.2, 0.25) is 0 Å². The molecule has 7 nitrogen and oxygen atoms in total. The quantitative estimate of drug-likeness (QED) is 0.635. The van der Waals surface area contributed by atoms with Crippen molar-refractivity contribution < 1.29 is 9.18 Å². The van der Waals surface area contributed by atoms with Crippen molar-refractivity contribution in [2.75, 3.05) is 50.7 Å². The smallest absolute Gasteiger partial charge is 0.270 e. The SMILES string of the molecule is CCn1ccc2c1C(=O)N(CCCN1CCN(c3ccc(F)cc3)CC1)CCC2N=O. The van der Waals surface area contributed by atoms with Gasteiger partial charge in [-0.15, -0.1) is 0 Å². The Kier molecular flexibility index (Phi) is 6.65. The third-order valence-corrected chi connectivity index (χ3v) is 6.45. The zero-order valence-electron chi connectivity index (χ0n) is 18.0. The van der Waals surface area contributed by atoms with E-state index >= 15 is 0 Å². The van der Waals surface area contributed by atoms with Crippen LogP contribution >= 0.6 is 0 Å². The van der Waals surface area contributed by atoms with Gasteiger partial charge in [-0.05, 0) is 56.6 Å². The highest BCUT2D eigenvalue weighted by Crippen LogP contribution is 2.30. The fourth-order valence-corrected chi connectivity index (χ4v) is 4.64. The molecule has 1 aromatic carbocycles. The van der Waals surface area contributed by atoms with Crippen molar-refractivity contribution in [3.63, 3.8) is 0 Å². The van der Waals surface area contributed by atoms with Crippen molar-refractivity contribution in [2.45, 2.75) is 32.4 Å². The van der Waals surface area contributed by atoms with Gasteiger partial charge in [0.1, 0.15) is 17.6 Å². The summed E-state index contributed by atoms with van der Waals surface area (Å²) in [7, 11) is 0. The summed E-state index contributed by atoms with van der Waals surface area (Å²) in [5, 5.41) is 3.28. The summed E-state index contributed by atoms with van der Waals surface area (Å²) in [6, 6.07) is 8.09. The predicted molar refractivity (Wildman–Crippen MR) is 119 cm³/mol. The minimum Gasteiger partial charge on any atom is -0.369 e. The molecule has 2 aromatic rings. The summed E-state index contributed by atoms with van der Waals surface area (Å²) in [5.41, 5.74) is 2.45. The summed E-state index contributed by atoms with van der Waals surface area (Å²) in [5.74, 6) is -0.201. The van der Waals surface area contributed by atoms with Crippen molar-refractivity contribution in [1.82, 2.24) is 14.4 Å². The number of carbonyl (C=O) groups excluding carboxylic acids is 1. The first-order chi connectivity index (χ1) is 15.1. The molecule has 0 bridgehead atoms. The predicted octanol–water partition coefficient (Wildman–Crippen LogP) is 3.51. The summed E-state index contributed by atoms with van der Waals surface area (Å²) < 4.78 is 15.1. The van der Waals surface area contributed by atoms with Crippen LogP contribution in [0, 0.1) is 10.7 Å². The molecule has 8 heteroatoms. The zero-order valence-corrected chi connectivity index (χ0v) is 18.0. The normalized spacial score (nSPS) is 19.9. The third-order valence-electron chi connectivity index (χ3n) is 6.45. The number of nitrogens with zero attached hydrogens (tertiary/aromatic N) is 5. The Morgan fingerprint density at radius 3 is 2.45 bits per heavy atom. The number of hydrogen-bond donors (Lipinski definition) is 0. The largest absolute Gasteiger partial charge is 0.369 e. The van der Waals surface area contributed by atoms with E-state index in [4.69, 9.17) is 0 Å². The molecule has 1 unspecified atom stereocenters. The molecular weight excluding hydrogens is 397 g/mol. The zero-order chi connectivity index (χ0) is 21.8. The molecule has 0 aliphatic carbocycles. The molecule has 1 atom stereocenters. The van der Waals surface area contributed by atoms with Crippen molar-refractivity contribution in [2.24, 2.45) is 5.18 Å². The van der Waals surface area contributed by atoms with E-state index in [0.717, 1.165) is 50.4 Å². The standard InChI is InChI=1S/C23H30FN5O2/c1-2-27-12-8-20-21(25-31)9-13-29(23(30)22(20)27)11-3-10-26-14-16-28(17-15-26)19-6-4-18(24)5-7-19/h4-8,12,21H,2-3,9-11,13-17H2,1H3. The second-order valence-electron chi connectivity index (χ2n) is 8.27. The van der Waals surface area contributed by atoms with Crippen LogP contribution in [0.25, 0.3) is 0 Å². The Hall–Kier alpha value is -2.74. The topological polar surface area (TPSA) is 61.2 Å². The van der Waals surface area contributed by atoms with Gasteiger partial charge in [-0.2, -0.15) is 4.91 Å². The maximum absolute atomic E-state index is 13.2. The maximum Gasteiger partial charge on any atom is 0.270 e. The highest BCUT2D eigenvalue weighted by atomic mass is 19.1. The van der Waals surface area contributed by atoms with Crippen LogP contribution in [0.5, 0.6) is 0 Å². The van der Waals surface area contributed by atoms with E-state index in [9.17, 15) is 14.1 Å². The van der Waals surface area contributed by atoms with Gasteiger partial charge in [0.25, 0.3) is 5.91 Å². The van der Waals surface area contributed by atoms with Gasteiger partial charge in [0.05, 0.1) is 0 Å². The first kappa shape index (κ1) is 21.5. The number of aryl methyl sites for hydroxylation is 1. The summed E-state index contributed by atoms with van der Waals surface area (Å²) >= 11 is 0. The molecule has 31 heavy (non-hydrogen) atoms. The van der Waals surface area contributed by atoms with Crippen LogP contribution in [0.4, 0.5) is 10.1 Å². The van der Waals surface area contributed by atoms with Crippen molar-refractivity contribution in [1.29, 1.82) is 0 Å². The van der Waals surface area contributed by atoms with Crippen molar-refractivity contribution in [3.05, 3.63) is 58.5 Å². The van der Waals surface area contributed by atoms with Crippen LogP contribution < -0.4 is 4.90 Å². The Morgan fingerprint density at radius 1 is 1.03 bits per heavy atom. The van der Waals surface area contributed by atoms with E-state index in [1.165, 1.54) is 12.1 Å². The Balaban J connectivity index is 1.29. The van der Waals surface area contributed by atoms with Crippen LogP contribution in [0.1, 0.15) is 41.9 Å². The molecule has 0 radical (unpaired) electrons. The maximum atomic E-state index is 13.2. The first-order valence-electron chi connectivity index (χ1n) is 11.1. The number of rotatable bonds is 7. The summed E-state index contributed by atoms with van der Waals surface area (Å²) in [6.45, 7) is 8.58. The van der Waals surface area contributed by atoms with Gasteiger partial charge >= 0.3 is 0 Å². The number of benzene rings is 1. The van der Waals surface area contributed by atoms with Gasteiger partial charge in [0, 0.05) is 63.3 Å². The molecule has 2 aliphatic rings. The first-order valence-corrected chi connectivity index (χ1v) is 11.1. The molecule has 0 N–H and O–H groups in total. The van der Waals surface area contributed by atoms with Gasteiger partial charge in [0.2, 0.25) is 0 Å². The highest BCUT2D eigenvalue weighted by Gasteiger charge is 2.31. The lowest BCUT2D eigenvalue weighted by Gasteiger charge is -2.36. The summed E-state index contributed by atoms with van der Waals surface area (Å²) in [6.07, 6.45) is 3.35. The fraction of sp³-hybridized carbons (Fsp3) is 0.522. The average Bonchev–Trinajstić information content (AvgIpc) is 3.17. The monoisotopic (exact) mass is 427 g/mol. The van der Waals surface area contributed by atoms with Gasteiger partial charge in [-0.25, -0.2) is 4.39 Å². The molecule has 3 heterocycles. The van der Waals surface area contributed by atoms with E-state index in [1.807, 2.05) is 40.8 Å². The van der Waals surface area contributed by atoms with E-state index in [-0.39, 0.29) is 11.7 Å². The van der Waals surface area contributed by atoms with Crippen molar-refractivity contribution >= 4 is 11.6 Å². The van der Waals surface area contributed by atoms with Gasteiger partial charge in [-0.3, -0.25) is 9.69 Å². The Labute approximate surface area is 182 Å². The van der Waals surface area contributed by atoms with Gasteiger partial charge in [0.15, 0.2) is 0 Å². The van der Waals surface area contributed by atoms with Crippen LogP contribution in [-0.4, -0.2) is 66.1 Å². The molecule has 1 saturated heterocycles. The molecular formula is C23H30FN5O2. The lowest BCUT2D eigenvalue weighted by Crippen LogP contribution is -2.47. The Morgan fingerprint density at radius 2 is 1.77 bits per heavy atom. The second-order valence-corrected chi connectivity index (χ2v) is 8.27. The van der Waals surface area contributed by atoms with Crippen LogP contribution in [-0.2, 0) is 6.54 Å². The van der Waals surface area contributed by atoms with E-state index < -0.39 is 6.04 Å². The van der Waals surface area contributed by atoms with E-state index in [1.54, 1.807) is 0 Å². The minimum atomic E-state index is -0.448. The number of fused-ring (bicyclic) bond motifs is 1. The lowest BCUT2D eigenvalue weighted by atomic mass is 10.1. The number of amides is 1. The molecule has 4 rings (SSSR count). The average molecular weight is 428 g/mol. The summed E-state index contributed by atoms with van der Waals surface area (Å²) in [4.78, 5) is 31.1.